The number of nitrogens with one attached hydrogen (secondary N) is 3. The number of nitrogens with zero attached hydrogens (tertiary/aromatic N) is 2. The molecule has 1 fully saturated rings. The summed E-state index contributed by atoms with van der Waals surface area (Å²) in [6.45, 7) is 4.19. The number of benzene rings is 2. The van der Waals surface area contributed by atoms with Crippen LogP contribution in [0.5, 0.6) is 5.88 Å². The molecule has 0 radical (unpaired) electrons. The molecule has 3 aromatic rings. The van der Waals surface area contributed by atoms with Gasteiger partial charge in [0.2, 0.25) is 11.8 Å². The molecule has 1 saturated heterocycles. The highest BCUT2D eigenvalue weighted by Crippen LogP contribution is 2.32. The van der Waals surface area contributed by atoms with E-state index in [0.717, 1.165) is 25.2 Å². The first kappa shape index (κ1) is 22.5. The summed E-state index contributed by atoms with van der Waals surface area (Å²) in [6.07, 6.45) is 2.59. The molecule has 0 spiro atoms. The van der Waals surface area contributed by atoms with Crippen molar-refractivity contribution in [1.29, 1.82) is 0 Å². The normalized spacial score (nSPS) is 15.4. The lowest BCUT2D eigenvalue weighted by Gasteiger charge is -2.15. The predicted molar refractivity (Wildman–Crippen MR) is 130 cm³/mol. The highest BCUT2D eigenvalue weighted by molar-refractivity contribution is 9.10. The monoisotopic (exact) mass is 515 g/mol. The Hall–Kier alpha value is -2.68. The maximum atomic E-state index is 12.8. The molecule has 2 aromatic carbocycles. The lowest BCUT2D eigenvalue weighted by molar-refractivity contribution is 0.102. The van der Waals surface area contributed by atoms with E-state index >= 15 is 0 Å². The van der Waals surface area contributed by atoms with Crippen molar-refractivity contribution in [3.8, 4) is 5.88 Å². The van der Waals surface area contributed by atoms with Gasteiger partial charge >= 0.3 is 0 Å². The molecule has 0 unspecified atom stereocenters. The summed E-state index contributed by atoms with van der Waals surface area (Å²) in [6, 6.07) is 11.5. The van der Waals surface area contributed by atoms with Crippen LogP contribution in [0.1, 0.15) is 33.8 Å². The molecule has 1 aliphatic heterocycles. The van der Waals surface area contributed by atoms with Crippen molar-refractivity contribution in [3.05, 3.63) is 68.8 Å². The van der Waals surface area contributed by atoms with Crippen molar-refractivity contribution >= 4 is 50.8 Å². The van der Waals surface area contributed by atoms with Gasteiger partial charge in [0.15, 0.2) is 0 Å². The third-order valence-electron chi connectivity index (χ3n) is 5.42. The summed E-state index contributed by atoms with van der Waals surface area (Å²) < 4.78 is 6.02. The topological polar surface area (TPSA) is 88.2 Å². The molecule has 9 heteroatoms. The minimum Gasteiger partial charge on any atom is -0.480 e. The van der Waals surface area contributed by atoms with Gasteiger partial charge in [0.05, 0.1) is 17.8 Å². The molecule has 32 heavy (non-hydrogen) atoms. The lowest BCUT2D eigenvalue weighted by atomic mass is 9.94. The van der Waals surface area contributed by atoms with Crippen LogP contribution in [-0.2, 0) is 0 Å². The van der Waals surface area contributed by atoms with Crippen molar-refractivity contribution < 1.29 is 9.53 Å². The zero-order chi connectivity index (χ0) is 22.7. The average molecular weight is 517 g/mol. The van der Waals surface area contributed by atoms with Crippen molar-refractivity contribution in [2.24, 2.45) is 0 Å². The van der Waals surface area contributed by atoms with Gasteiger partial charge < -0.3 is 20.7 Å². The fourth-order valence-electron chi connectivity index (χ4n) is 3.80. The Kier molecular flexibility index (Phi) is 6.93. The van der Waals surface area contributed by atoms with Crippen molar-refractivity contribution in [3.63, 3.8) is 0 Å². The van der Waals surface area contributed by atoms with Gasteiger partial charge in [-0.1, -0.05) is 23.7 Å². The SMILES string of the molecule is COc1nc(Nc2ccc([C@H]3CCNC3)c(C)c2)ncc1C(=O)Nc1c(Cl)cccc1Br. The van der Waals surface area contributed by atoms with Crippen LogP contribution in [0.4, 0.5) is 17.3 Å². The zero-order valence-electron chi connectivity index (χ0n) is 17.7. The van der Waals surface area contributed by atoms with Gasteiger partial charge in [-0.3, -0.25) is 4.79 Å². The van der Waals surface area contributed by atoms with Gasteiger partial charge in [-0.05, 0) is 77.1 Å². The fourth-order valence-corrected chi connectivity index (χ4v) is 4.60. The van der Waals surface area contributed by atoms with Crippen molar-refractivity contribution in [1.82, 2.24) is 15.3 Å². The molecular formula is C23H23BrClN5O2. The Bertz CT molecular complexity index is 1130. The Balaban J connectivity index is 1.52. The number of para-hydroxylation sites is 1. The largest absolute Gasteiger partial charge is 0.480 e. The fraction of sp³-hybridized carbons (Fsp3) is 0.261. The first-order valence-electron chi connectivity index (χ1n) is 10.2. The van der Waals surface area contributed by atoms with Crippen LogP contribution in [0.2, 0.25) is 5.02 Å². The van der Waals surface area contributed by atoms with Gasteiger partial charge in [-0.25, -0.2) is 4.98 Å². The second-order valence-electron chi connectivity index (χ2n) is 7.55. The lowest BCUT2D eigenvalue weighted by Crippen LogP contribution is -2.15. The van der Waals surface area contributed by atoms with Crippen LogP contribution in [0, 0.1) is 6.92 Å². The summed E-state index contributed by atoms with van der Waals surface area (Å²) in [4.78, 5) is 21.5. The maximum absolute atomic E-state index is 12.8. The van der Waals surface area contributed by atoms with E-state index in [0.29, 0.717) is 27.0 Å². The van der Waals surface area contributed by atoms with E-state index in [-0.39, 0.29) is 11.4 Å². The van der Waals surface area contributed by atoms with Crippen LogP contribution >= 0.6 is 27.5 Å². The highest BCUT2D eigenvalue weighted by Gasteiger charge is 2.20. The number of aromatic nitrogens is 2. The molecule has 166 valence electrons. The molecule has 2 heterocycles. The van der Waals surface area contributed by atoms with Gasteiger partial charge in [0, 0.05) is 22.9 Å². The first-order valence-corrected chi connectivity index (χ1v) is 11.4. The van der Waals surface area contributed by atoms with Crippen LogP contribution in [-0.4, -0.2) is 36.1 Å². The summed E-state index contributed by atoms with van der Waals surface area (Å²) in [5.74, 6) is 0.629. The highest BCUT2D eigenvalue weighted by atomic mass is 79.9. The van der Waals surface area contributed by atoms with Crippen LogP contribution in [0.15, 0.2) is 47.1 Å². The Labute approximate surface area is 200 Å². The Morgan fingerprint density at radius 3 is 2.84 bits per heavy atom. The van der Waals surface area contributed by atoms with Crippen LogP contribution < -0.4 is 20.7 Å². The summed E-state index contributed by atoms with van der Waals surface area (Å²) >= 11 is 9.58. The van der Waals surface area contributed by atoms with Crippen LogP contribution in [0.25, 0.3) is 0 Å². The van der Waals surface area contributed by atoms with E-state index < -0.39 is 5.91 Å². The minimum atomic E-state index is -0.424. The molecule has 0 saturated carbocycles. The Morgan fingerprint density at radius 2 is 2.16 bits per heavy atom. The average Bonchev–Trinajstić information content (AvgIpc) is 3.31. The van der Waals surface area contributed by atoms with E-state index in [2.05, 4.69) is 60.9 Å². The van der Waals surface area contributed by atoms with Crippen molar-refractivity contribution in [2.45, 2.75) is 19.3 Å². The third kappa shape index (κ3) is 4.87. The Morgan fingerprint density at radius 1 is 1.31 bits per heavy atom. The number of carbonyl (C=O) groups is 1. The second kappa shape index (κ2) is 9.85. The molecule has 0 aliphatic carbocycles. The number of carbonyl (C=O) groups excluding carboxylic acids is 1. The summed E-state index contributed by atoms with van der Waals surface area (Å²) in [5, 5.41) is 9.79. The first-order chi connectivity index (χ1) is 15.5. The summed E-state index contributed by atoms with van der Waals surface area (Å²) in [5.41, 5.74) is 4.12. The number of methoxy groups -OCH3 is 1. The molecule has 7 nitrogen and oxygen atoms in total. The molecule has 1 atom stereocenters. The number of halogens is 2. The smallest absolute Gasteiger partial charge is 0.262 e. The third-order valence-corrected chi connectivity index (χ3v) is 6.39. The summed E-state index contributed by atoms with van der Waals surface area (Å²) in [7, 11) is 1.46. The van der Waals surface area contributed by atoms with Crippen LogP contribution in [0.3, 0.4) is 0 Å². The number of aryl methyl sites for hydroxylation is 1. The maximum Gasteiger partial charge on any atom is 0.262 e. The number of anilines is 3. The molecule has 1 aliphatic rings. The van der Waals surface area contributed by atoms with E-state index in [1.165, 1.54) is 24.4 Å². The van der Waals surface area contributed by atoms with E-state index in [4.69, 9.17) is 16.3 Å². The van der Waals surface area contributed by atoms with E-state index in [1.807, 2.05) is 6.07 Å². The molecule has 0 bridgehead atoms. The number of amides is 1. The van der Waals surface area contributed by atoms with E-state index in [1.54, 1.807) is 18.2 Å². The number of hydrogen-bond acceptors (Lipinski definition) is 6. The molecule has 4 rings (SSSR count). The minimum absolute atomic E-state index is 0.161. The quantitative estimate of drug-likeness (QED) is 0.413. The molecule has 1 aromatic heterocycles. The van der Waals surface area contributed by atoms with E-state index in [9.17, 15) is 4.79 Å². The van der Waals surface area contributed by atoms with Crippen molar-refractivity contribution in [2.75, 3.05) is 30.8 Å². The predicted octanol–water partition coefficient (Wildman–Crippen LogP) is 5.28. The zero-order valence-corrected chi connectivity index (χ0v) is 20.0. The number of hydrogen-bond donors (Lipinski definition) is 3. The molecular weight excluding hydrogens is 494 g/mol. The standard InChI is InChI=1S/C23H23BrClN5O2/c1-13-10-15(6-7-16(13)14-8-9-26-11-14)28-23-27-12-17(22(30-23)32-2)21(31)29-20-18(24)4-3-5-19(20)25/h3-7,10,12,14,26H,8-9,11H2,1-2H3,(H,29,31)(H,27,28,30)/t14-/m0/s1. The van der Waals surface area contributed by atoms with Gasteiger partial charge in [-0.2, -0.15) is 4.98 Å². The molecule has 1 amide bonds. The second-order valence-corrected chi connectivity index (χ2v) is 8.81. The molecule has 3 N–H and O–H groups in total. The number of rotatable bonds is 6. The van der Waals surface area contributed by atoms with Gasteiger partial charge in [0.1, 0.15) is 5.56 Å². The van der Waals surface area contributed by atoms with Gasteiger partial charge in [0.25, 0.3) is 5.91 Å². The van der Waals surface area contributed by atoms with Gasteiger partial charge in [-0.15, -0.1) is 0 Å². The number of ether oxygens (including phenoxy) is 1.